The highest BCUT2D eigenvalue weighted by Crippen LogP contribution is 2.28. The van der Waals surface area contributed by atoms with E-state index in [-0.39, 0.29) is 0 Å². The molecule has 2 heterocycles. The van der Waals surface area contributed by atoms with Crippen LogP contribution in [0.1, 0.15) is 17.7 Å². The third-order valence-electron chi connectivity index (χ3n) is 3.20. The summed E-state index contributed by atoms with van der Waals surface area (Å²) in [6, 6.07) is 8.51. The number of anilines is 2. The van der Waals surface area contributed by atoms with Crippen LogP contribution in [-0.4, -0.2) is 22.0 Å². The van der Waals surface area contributed by atoms with Gasteiger partial charge in [0, 0.05) is 12.2 Å². The molecule has 1 aliphatic heterocycles. The van der Waals surface area contributed by atoms with Crippen LogP contribution in [-0.2, 0) is 13.0 Å². The summed E-state index contributed by atoms with van der Waals surface area (Å²) in [5.74, 6) is 0.494. The van der Waals surface area contributed by atoms with Crippen LogP contribution in [0.5, 0.6) is 0 Å². The van der Waals surface area contributed by atoms with Crippen LogP contribution < -0.4 is 10.6 Å². The van der Waals surface area contributed by atoms with Crippen LogP contribution in [0.4, 0.5) is 11.5 Å². The number of nitrogens with one attached hydrogen (secondary N) is 1. The van der Waals surface area contributed by atoms with Gasteiger partial charge in [-0.05, 0) is 24.5 Å². The number of para-hydroxylation sites is 1. The molecule has 88 valence electrons. The van der Waals surface area contributed by atoms with E-state index < -0.39 is 0 Å². The van der Waals surface area contributed by atoms with Gasteiger partial charge < -0.3 is 10.6 Å². The molecule has 2 aromatic rings. The van der Waals surface area contributed by atoms with Gasteiger partial charge in [-0.25, -0.2) is 0 Å². The monoisotopic (exact) mass is 229 g/mol. The molecular formula is C12H15N5. The van der Waals surface area contributed by atoms with Crippen LogP contribution in [0.15, 0.2) is 24.3 Å². The fourth-order valence-electron chi connectivity index (χ4n) is 2.33. The lowest BCUT2D eigenvalue weighted by Gasteiger charge is -2.30. The number of aromatic nitrogens is 3. The number of nitrogens with zero attached hydrogens (tertiary/aromatic N) is 3. The van der Waals surface area contributed by atoms with E-state index in [4.69, 9.17) is 5.73 Å². The number of H-pyrrole nitrogens is 1. The summed E-state index contributed by atoms with van der Waals surface area (Å²) in [6.45, 7) is 1.77. The summed E-state index contributed by atoms with van der Waals surface area (Å²) in [5.41, 5.74) is 9.26. The van der Waals surface area contributed by atoms with E-state index >= 15 is 0 Å². The number of nitrogen functional groups attached to an aromatic ring is 1. The van der Waals surface area contributed by atoms with E-state index in [1.165, 1.54) is 17.7 Å². The number of benzene rings is 1. The molecule has 5 nitrogen and oxygen atoms in total. The molecular weight excluding hydrogens is 214 g/mol. The number of hydrogen-bond donors (Lipinski definition) is 2. The second-order valence-electron chi connectivity index (χ2n) is 4.31. The Balaban J connectivity index is 1.88. The Kier molecular flexibility index (Phi) is 2.44. The largest absolute Gasteiger partial charge is 0.381 e. The van der Waals surface area contributed by atoms with E-state index in [9.17, 15) is 0 Å². The Morgan fingerprint density at radius 3 is 3.00 bits per heavy atom. The molecule has 0 aliphatic carbocycles. The van der Waals surface area contributed by atoms with E-state index in [1.54, 1.807) is 0 Å². The lowest BCUT2D eigenvalue weighted by atomic mass is 10.0. The van der Waals surface area contributed by atoms with Gasteiger partial charge in [0.25, 0.3) is 0 Å². The van der Waals surface area contributed by atoms with Crippen molar-refractivity contribution in [1.29, 1.82) is 0 Å². The molecule has 0 radical (unpaired) electrons. The minimum absolute atomic E-state index is 0.494. The topological polar surface area (TPSA) is 70.8 Å². The lowest BCUT2D eigenvalue weighted by molar-refractivity contribution is 0.683. The van der Waals surface area contributed by atoms with Crippen LogP contribution in [0.25, 0.3) is 0 Å². The Labute approximate surface area is 99.6 Å². The molecule has 0 fully saturated rings. The zero-order valence-corrected chi connectivity index (χ0v) is 9.56. The van der Waals surface area contributed by atoms with Gasteiger partial charge >= 0.3 is 0 Å². The van der Waals surface area contributed by atoms with Crippen LogP contribution in [0, 0.1) is 0 Å². The Hall–Kier alpha value is -2.04. The summed E-state index contributed by atoms with van der Waals surface area (Å²) in [7, 11) is 0. The predicted molar refractivity (Wildman–Crippen MR) is 66.6 cm³/mol. The van der Waals surface area contributed by atoms with Gasteiger partial charge in [0.15, 0.2) is 5.82 Å². The number of aryl methyl sites for hydroxylation is 1. The van der Waals surface area contributed by atoms with Crippen molar-refractivity contribution in [3.8, 4) is 0 Å². The SMILES string of the molecule is Nc1n[nH]nc1CN1CCCc2ccccc21. The zero-order valence-electron chi connectivity index (χ0n) is 9.56. The highest BCUT2D eigenvalue weighted by Gasteiger charge is 2.18. The van der Waals surface area contributed by atoms with E-state index in [1.807, 2.05) is 0 Å². The Morgan fingerprint density at radius 2 is 2.18 bits per heavy atom. The van der Waals surface area contributed by atoms with E-state index in [2.05, 4.69) is 44.6 Å². The van der Waals surface area contributed by atoms with E-state index in [0.29, 0.717) is 5.82 Å². The number of rotatable bonds is 2. The molecule has 0 amide bonds. The third kappa shape index (κ3) is 1.84. The fraction of sp³-hybridized carbons (Fsp3) is 0.333. The molecule has 0 spiro atoms. The van der Waals surface area contributed by atoms with Crippen LogP contribution >= 0.6 is 0 Å². The first-order valence-corrected chi connectivity index (χ1v) is 5.82. The van der Waals surface area contributed by atoms with Crippen molar-refractivity contribution in [2.75, 3.05) is 17.2 Å². The van der Waals surface area contributed by atoms with Gasteiger partial charge in [-0.2, -0.15) is 10.3 Å². The first-order chi connectivity index (χ1) is 8.34. The van der Waals surface area contributed by atoms with Crippen molar-refractivity contribution in [2.45, 2.75) is 19.4 Å². The standard InChI is InChI=1S/C12H15N5/c13-12-10(14-16-15-12)8-17-7-3-5-9-4-1-2-6-11(9)17/h1-2,4,6H,3,5,7-8H2,(H3,13,14,15,16). The fourth-order valence-corrected chi connectivity index (χ4v) is 2.33. The van der Waals surface area contributed by atoms with Crippen molar-refractivity contribution in [2.24, 2.45) is 0 Å². The number of hydrogen-bond acceptors (Lipinski definition) is 4. The zero-order chi connectivity index (χ0) is 11.7. The molecule has 5 heteroatoms. The Morgan fingerprint density at radius 1 is 1.29 bits per heavy atom. The molecule has 0 bridgehead atoms. The van der Waals surface area contributed by atoms with Gasteiger partial charge in [-0.3, -0.25) is 0 Å². The molecule has 0 atom stereocenters. The number of fused-ring (bicyclic) bond motifs is 1. The van der Waals surface area contributed by atoms with Gasteiger partial charge in [0.1, 0.15) is 5.69 Å². The maximum atomic E-state index is 5.75. The smallest absolute Gasteiger partial charge is 0.170 e. The molecule has 1 aliphatic rings. The average Bonchev–Trinajstić information content (AvgIpc) is 2.76. The molecule has 0 saturated carbocycles. The lowest BCUT2D eigenvalue weighted by Crippen LogP contribution is -2.29. The highest BCUT2D eigenvalue weighted by atomic mass is 15.4. The molecule has 1 aromatic carbocycles. The van der Waals surface area contributed by atoms with Gasteiger partial charge in [-0.15, -0.1) is 5.10 Å². The summed E-state index contributed by atoms with van der Waals surface area (Å²) in [6.07, 6.45) is 2.33. The third-order valence-corrected chi connectivity index (χ3v) is 3.20. The first kappa shape index (κ1) is 10.1. The van der Waals surface area contributed by atoms with Crippen molar-refractivity contribution in [1.82, 2.24) is 15.4 Å². The second-order valence-corrected chi connectivity index (χ2v) is 4.31. The molecule has 1 aromatic heterocycles. The van der Waals surface area contributed by atoms with Gasteiger partial charge in [-0.1, -0.05) is 18.2 Å². The number of nitrogens with two attached hydrogens (primary N) is 1. The maximum absolute atomic E-state index is 5.75. The number of aromatic amines is 1. The van der Waals surface area contributed by atoms with Crippen molar-refractivity contribution >= 4 is 11.5 Å². The first-order valence-electron chi connectivity index (χ1n) is 5.82. The highest BCUT2D eigenvalue weighted by molar-refractivity contribution is 5.56. The second kappa shape index (κ2) is 4.08. The Bertz CT molecular complexity index is 519. The summed E-state index contributed by atoms with van der Waals surface area (Å²) in [4.78, 5) is 2.31. The maximum Gasteiger partial charge on any atom is 0.170 e. The predicted octanol–water partition coefficient (Wildman–Crippen LogP) is 1.34. The van der Waals surface area contributed by atoms with Crippen LogP contribution in [0.2, 0.25) is 0 Å². The van der Waals surface area contributed by atoms with E-state index in [0.717, 1.165) is 25.2 Å². The average molecular weight is 229 g/mol. The summed E-state index contributed by atoms with van der Waals surface area (Å²) < 4.78 is 0. The summed E-state index contributed by atoms with van der Waals surface area (Å²) >= 11 is 0. The van der Waals surface area contributed by atoms with Gasteiger partial charge in [0.05, 0.1) is 6.54 Å². The quantitative estimate of drug-likeness (QED) is 0.815. The van der Waals surface area contributed by atoms with Crippen molar-refractivity contribution in [3.05, 3.63) is 35.5 Å². The normalized spacial score (nSPS) is 14.7. The minimum atomic E-state index is 0.494. The molecule has 3 N–H and O–H groups in total. The van der Waals surface area contributed by atoms with Gasteiger partial charge in [0.2, 0.25) is 0 Å². The van der Waals surface area contributed by atoms with Crippen molar-refractivity contribution in [3.63, 3.8) is 0 Å². The molecule has 17 heavy (non-hydrogen) atoms. The van der Waals surface area contributed by atoms with Crippen LogP contribution in [0.3, 0.4) is 0 Å². The van der Waals surface area contributed by atoms with Crippen molar-refractivity contribution < 1.29 is 0 Å². The summed E-state index contributed by atoms with van der Waals surface area (Å²) in [5, 5.41) is 10.5. The molecule has 0 saturated heterocycles. The minimum Gasteiger partial charge on any atom is -0.381 e. The molecule has 0 unspecified atom stereocenters. The molecule has 3 rings (SSSR count).